The number of rotatable bonds is 11. The third-order valence-electron chi connectivity index (χ3n) is 8.84. The van der Waals surface area contributed by atoms with Crippen LogP contribution in [0.1, 0.15) is 72.7 Å². The zero-order valence-electron chi connectivity index (χ0n) is 24.5. The van der Waals surface area contributed by atoms with E-state index >= 15 is 0 Å². The lowest BCUT2D eigenvalue weighted by atomic mass is 9.97. The van der Waals surface area contributed by atoms with Crippen molar-refractivity contribution < 1.29 is 28.5 Å². The third kappa shape index (κ3) is 7.55. The lowest BCUT2D eigenvalue weighted by molar-refractivity contribution is -0.0442. The Morgan fingerprint density at radius 1 is 1.10 bits per heavy atom. The van der Waals surface area contributed by atoms with Crippen LogP contribution in [-0.4, -0.2) is 102 Å². The number of aliphatic hydroxyl groups is 1. The monoisotopic (exact) mass is 585 g/mol. The van der Waals surface area contributed by atoms with Crippen LogP contribution in [0.4, 0.5) is 10.2 Å². The number of carbonyl (C=O) groups is 1. The van der Waals surface area contributed by atoms with Crippen LogP contribution in [0.15, 0.2) is 30.6 Å². The molecule has 11 heteroatoms. The number of alkyl halides is 1. The van der Waals surface area contributed by atoms with E-state index in [2.05, 4.69) is 20.2 Å². The molecule has 0 aliphatic carbocycles. The number of piperidine rings is 1. The summed E-state index contributed by atoms with van der Waals surface area (Å²) in [5, 5.41) is 13.1. The highest BCUT2D eigenvalue weighted by molar-refractivity contribution is 5.94. The first-order chi connectivity index (χ1) is 20.6. The van der Waals surface area contributed by atoms with Gasteiger partial charge < -0.3 is 29.5 Å². The molecule has 4 heterocycles. The van der Waals surface area contributed by atoms with Gasteiger partial charge in [-0.25, -0.2) is 14.4 Å². The Labute approximate surface area is 247 Å². The van der Waals surface area contributed by atoms with Crippen LogP contribution < -0.4 is 10.1 Å². The van der Waals surface area contributed by atoms with Gasteiger partial charge in [0.25, 0.3) is 5.91 Å². The fourth-order valence-electron chi connectivity index (χ4n) is 6.54. The highest BCUT2D eigenvalue weighted by Gasteiger charge is 2.33. The Balaban J connectivity index is 1.15. The molecule has 0 saturated carbocycles. The number of nitrogens with zero attached hydrogens (tertiary/aromatic N) is 4. The van der Waals surface area contributed by atoms with Crippen molar-refractivity contribution in [3.63, 3.8) is 0 Å². The van der Waals surface area contributed by atoms with Gasteiger partial charge in [-0.2, -0.15) is 0 Å². The van der Waals surface area contributed by atoms with E-state index in [9.17, 15) is 14.3 Å². The van der Waals surface area contributed by atoms with E-state index in [4.69, 9.17) is 14.2 Å². The second-order valence-corrected chi connectivity index (χ2v) is 11.4. The number of nitrogens with one attached hydrogen (secondary N) is 1. The average Bonchev–Trinajstić information content (AvgIpc) is 3.04. The number of benzene rings is 1. The van der Waals surface area contributed by atoms with Gasteiger partial charge in [0.2, 0.25) is 6.86 Å². The standard InChI is InChI=1S/C31H44FN5O5/c1-22-29(31(39)36-13-9-24(10-14-36)37(15-16-38)25-11-17-40-18-12-25)34-21-35-30(22)33-19-27-3-2-4-28(42-27)23-5-7-26(8-6-23)41-20-32/h5-8,21,24-25,27-28,38H,2-4,9-20H2,1H3,(H,33,34,35)/t27-,28+/m1/s1. The third-order valence-corrected chi connectivity index (χ3v) is 8.84. The minimum absolute atomic E-state index is 0.00402. The molecule has 2 N–H and O–H groups in total. The molecule has 1 aromatic carbocycles. The van der Waals surface area contributed by atoms with Gasteiger partial charge in [-0.15, -0.1) is 0 Å². The van der Waals surface area contributed by atoms with Gasteiger partial charge in [0.05, 0.1) is 18.8 Å². The highest BCUT2D eigenvalue weighted by atomic mass is 19.1. The van der Waals surface area contributed by atoms with Gasteiger partial charge >= 0.3 is 0 Å². The first kappa shape index (κ1) is 30.6. The number of ether oxygens (including phenoxy) is 3. The number of hydrogen-bond donors (Lipinski definition) is 2. The molecule has 1 amide bonds. The summed E-state index contributed by atoms with van der Waals surface area (Å²) in [6.07, 6.45) is 8.05. The molecular weight excluding hydrogens is 541 g/mol. The van der Waals surface area contributed by atoms with E-state index in [-0.39, 0.29) is 24.7 Å². The Kier molecular flexibility index (Phi) is 11.0. The van der Waals surface area contributed by atoms with Crippen LogP contribution in [0, 0.1) is 6.92 Å². The quantitative estimate of drug-likeness (QED) is 0.406. The molecule has 0 bridgehead atoms. The van der Waals surface area contributed by atoms with Gasteiger partial charge in [-0.3, -0.25) is 9.69 Å². The molecule has 5 rings (SSSR count). The molecule has 2 atom stereocenters. The fourth-order valence-corrected chi connectivity index (χ4v) is 6.54. The second kappa shape index (κ2) is 15.0. The van der Waals surface area contributed by atoms with E-state index in [0.29, 0.717) is 55.5 Å². The number of aromatic nitrogens is 2. The van der Waals surface area contributed by atoms with Crippen LogP contribution >= 0.6 is 0 Å². The van der Waals surface area contributed by atoms with Crippen molar-refractivity contribution in [2.24, 2.45) is 0 Å². The van der Waals surface area contributed by atoms with E-state index in [1.165, 1.54) is 6.33 Å². The number of aliphatic hydroxyl groups excluding tert-OH is 1. The van der Waals surface area contributed by atoms with Crippen LogP contribution in [0.3, 0.4) is 0 Å². The van der Waals surface area contributed by atoms with Crippen LogP contribution in [0.25, 0.3) is 0 Å². The number of hydrogen-bond acceptors (Lipinski definition) is 9. The molecule has 2 aromatic rings. The normalized spacial score (nSPS) is 22.3. The van der Waals surface area contributed by atoms with Crippen molar-refractivity contribution in [2.75, 3.05) is 58.2 Å². The molecule has 3 fully saturated rings. The van der Waals surface area contributed by atoms with Crippen LogP contribution in [0.5, 0.6) is 5.75 Å². The molecule has 0 unspecified atom stereocenters. The fraction of sp³-hybridized carbons (Fsp3) is 0.645. The van der Waals surface area contributed by atoms with Crippen molar-refractivity contribution in [3.05, 3.63) is 47.4 Å². The van der Waals surface area contributed by atoms with Crippen LogP contribution in [0.2, 0.25) is 0 Å². The van der Waals surface area contributed by atoms with Crippen LogP contribution in [-0.2, 0) is 9.47 Å². The maximum Gasteiger partial charge on any atom is 0.272 e. The summed E-state index contributed by atoms with van der Waals surface area (Å²) in [6.45, 7) is 5.30. The SMILES string of the molecule is Cc1c(NC[C@H]2CCC[C@@H](c3ccc(OCF)cc3)O2)ncnc1C(=O)N1CCC(N(CCO)C2CCOCC2)CC1. The first-order valence-corrected chi connectivity index (χ1v) is 15.3. The number of amides is 1. The van der Waals surface area contributed by atoms with Crippen molar-refractivity contribution in [3.8, 4) is 5.75 Å². The summed E-state index contributed by atoms with van der Waals surface area (Å²) in [5.74, 6) is 1.09. The van der Waals surface area contributed by atoms with Crippen molar-refractivity contribution >= 4 is 11.7 Å². The van der Waals surface area contributed by atoms with E-state index in [1.807, 2.05) is 24.0 Å². The van der Waals surface area contributed by atoms with E-state index in [1.54, 1.807) is 12.1 Å². The predicted molar refractivity (Wildman–Crippen MR) is 156 cm³/mol. The smallest absolute Gasteiger partial charge is 0.272 e. The zero-order valence-corrected chi connectivity index (χ0v) is 24.5. The summed E-state index contributed by atoms with van der Waals surface area (Å²) in [7, 11) is 0. The molecule has 3 aliphatic heterocycles. The largest absolute Gasteiger partial charge is 0.463 e. The topological polar surface area (TPSA) is 109 Å². The number of halogens is 1. The second-order valence-electron chi connectivity index (χ2n) is 11.4. The van der Waals surface area contributed by atoms with Crippen molar-refractivity contribution in [1.29, 1.82) is 0 Å². The molecule has 0 radical (unpaired) electrons. The molecule has 10 nitrogen and oxygen atoms in total. The predicted octanol–water partition coefficient (Wildman–Crippen LogP) is 3.89. The summed E-state index contributed by atoms with van der Waals surface area (Å²) in [4.78, 5) is 26.7. The minimum atomic E-state index is -0.845. The molecule has 42 heavy (non-hydrogen) atoms. The summed E-state index contributed by atoms with van der Waals surface area (Å²) >= 11 is 0. The summed E-state index contributed by atoms with van der Waals surface area (Å²) in [6, 6.07) is 8.17. The molecular formula is C31H44FN5O5. The highest BCUT2D eigenvalue weighted by Crippen LogP contribution is 2.32. The minimum Gasteiger partial charge on any atom is -0.463 e. The number of anilines is 1. The summed E-state index contributed by atoms with van der Waals surface area (Å²) < 4.78 is 29.3. The van der Waals surface area contributed by atoms with Gasteiger partial charge in [0, 0.05) is 57.0 Å². The van der Waals surface area contributed by atoms with E-state index < -0.39 is 6.86 Å². The van der Waals surface area contributed by atoms with E-state index in [0.717, 1.165) is 69.3 Å². The van der Waals surface area contributed by atoms with Gasteiger partial charge in [0.15, 0.2) is 0 Å². The molecule has 1 aromatic heterocycles. The maximum atomic E-state index is 13.5. The molecule has 3 saturated heterocycles. The number of carbonyl (C=O) groups excluding carboxylic acids is 1. The summed E-state index contributed by atoms with van der Waals surface area (Å²) in [5.41, 5.74) is 2.22. The van der Waals surface area contributed by atoms with Gasteiger partial charge in [-0.1, -0.05) is 12.1 Å². The molecule has 3 aliphatic rings. The lowest BCUT2D eigenvalue weighted by Gasteiger charge is -2.43. The molecule has 230 valence electrons. The Bertz CT molecular complexity index is 1140. The molecule has 0 spiro atoms. The maximum absolute atomic E-state index is 13.5. The Morgan fingerprint density at radius 3 is 2.55 bits per heavy atom. The van der Waals surface area contributed by atoms with Crippen molar-refractivity contribution in [2.45, 2.75) is 76.2 Å². The Morgan fingerprint density at radius 2 is 1.83 bits per heavy atom. The zero-order chi connectivity index (χ0) is 29.3. The average molecular weight is 586 g/mol. The van der Waals surface area contributed by atoms with Gasteiger partial charge in [0.1, 0.15) is 23.6 Å². The van der Waals surface area contributed by atoms with Crippen molar-refractivity contribution in [1.82, 2.24) is 19.8 Å². The lowest BCUT2D eigenvalue weighted by Crippen LogP contribution is -2.52. The van der Waals surface area contributed by atoms with Gasteiger partial charge in [-0.05, 0) is 69.6 Å². The number of likely N-dealkylation sites (tertiary alicyclic amines) is 1. The Hall–Kier alpha value is -2.86. The first-order valence-electron chi connectivity index (χ1n) is 15.3.